The van der Waals surface area contributed by atoms with E-state index in [0.29, 0.717) is 11.4 Å². The Balaban J connectivity index is 1.87. The number of benzene rings is 3. The predicted octanol–water partition coefficient (Wildman–Crippen LogP) is 5.38. The van der Waals surface area contributed by atoms with Gasteiger partial charge in [0, 0.05) is 18.3 Å². The van der Waals surface area contributed by atoms with Crippen molar-refractivity contribution in [1.82, 2.24) is 9.97 Å². The van der Waals surface area contributed by atoms with Crippen molar-refractivity contribution in [2.24, 2.45) is 0 Å². The van der Waals surface area contributed by atoms with E-state index in [-0.39, 0.29) is 11.7 Å². The Kier molecular flexibility index (Phi) is 3.07. The standard InChI is InChI=1S/C22H15FN2/c23-18-11-10-17-15-8-4-5-9-16(15)19(14-6-2-1-3-7-14)20(17)21(18)22-24-12-13-25-22/h1-13,19H,(H,24,25). The molecule has 5 rings (SSSR count). The Morgan fingerprint density at radius 1 is 0.840 bits per heavy atom. The molecule has 1 unspecified atom stereocenters. The van der Waals surface area contributed by atoms with Gasteiger partial charge in [0.1, 0.15) is 11.6 Å². The SMILES string of the molecule is Fc1ccc2c(c1-c1ncc[nH]1)C(c1ccccc1)c1ccccc1-2. The minimum Gasteiger partial charge on any atom is -0.345 e. The van der Waals surface area contributed by atoms with Gasteiger partial charge in [0.05, 0.1) is 5.56 Å². The van der Waals surface area contributed by atoms with Crippen LogP contribution in [0.15, 0.2) is 79.1 Å². The van der Waals surface area contributed by atoms with E-state index in [2.05, 4.69) is 34.2 Å². The number of fused-ring (bicyclic) bond motifs is 3. The van der Waals surface area contributed by atoms with E-state index < -0.39 is 0 Å². The van der Waals surface area contributed by atoms with Crippen molar-refractivity contribution in [2.75, 3.05) is 0 Å². The third-order valence-electron chi connectivity index (χ3n) is 4.91. The summed E-state index contributed by atoms with van der Waals surface area (Å²) in [4.78, 5) is 7.39. The smallest absolute Gasteiger partial charge is 0.140 e. The third kappa shape index (κ3) is 2.06. The molecule has 1 aliphatic rings. The molecular formula is C22H15FN2. The monoisotopic (exact) mass is 326 g/mol. The van der Waals surface area contributed by atoms with Crippen molar-refractivity contribution in [2.45, 2.75) is 5.92 Å². The molecule has 1 aliphatic carbocycles. The molecule has 1 N–H and O–H groups in total. The largest absolute Gasteiger partial charge is 0.345 e. The summed E-state index contributed by atoms with van der Waals surface area (Å²) in [5.41, 5.74) is 6.17. The fourth-order valence-corrected chi connectivity index (χ4v) is 3.91. The second kappa shape index (κ2) is 5.42. The van der Waals surface area contributed by atoms with Gasteiger partial charge in [0.15, 0.2) is 0 Å². The van der Waals surface area contributed by atoms with Crippen LogP contribution in [0.4, 0.5) is 4.39 Å². The van der Waals surface area contributed by atoms with Crippen molar-refractivity contribution in [1.29, 1.82) is 0 Å². The van der Waals surface area contributed by atoms with E-state index in [1.54, 1.807) is 18.5 Å². The van der Waals surface area contributed by atoms with Gasteiger partial charge < -0.3 is 4.98 Å². The zero-order valence-corrected chi connectivity index (χ0v) is 13.4. The van der Waals surface area contributed by atoms with Crippen LogP contribution in [0.2, 0.25) is 0 Å². The van der Waals surface area contributed by atoms with Gasteiger partial charge in [0.25, 0.3) is 0 Å². The first-order chi connectivity index (χ1) is 12.3. The Morgan fingerprint density at radius 2 is 1.64 bits per heavy atom. The lowest BCUT2D eigenvalue weighted by Gasteiger charge is -2.17. The highest BCUT2D eigenvalue weighted by molar-refractivity contribution is 5.87. The first-order valence-corrected chi connectivity index (χ1v) is 8.31. The lowest BCUT2D eigenvalue weighted by Crippen LogP contribution is -2.03. The van der Waals surface area contributed by atoms with E-state index in [0.717, 1.165) is 16.7 Å². The molecule has 1 aromatic heterocycles. The summed E-state index contributed by atoms with van der Waals surface area (Å²) in [7, 11) is 0. The minimum absolute atomic E-state index is 0.00296. The zero-order valence-electron chi connectivity index (χ0n) is 13.4. The number of H-pyrrole nitrogens is 1. The van der Waals surface area contributed by atoms with Gasteiger partial charge in [-0.05, 0) is 33.9 Å². The molecule has 0 amide bonds. The van der Waals surface area contributed by atoms with Crippen molar-refractivity contribution >= 4 is 0 Å². The number of hydrogen-bond donors (Lipinski definition) is 1. The van der Waals surface area contributed by atoms with E-state index in [9.17, 15) is 4.39 Å². The van der Waals surface area contributed by atoms with Crippen LogP contribution >= 0.6 is 0 Å². The summed E-state index contributed by atoms with van der Waals surface area (Å²) in [6, 6.07) is 22.0. The molecule has 4 aromatic rings. The molecule has 0 aliphatic heterocycles. The van der Waals surface area contributed by atoms with Crippen LogP contribution in [-0.4, -0.2) is 9.97 Å². The molecule has 120 valence electrons. The van der Waals surface area contributed by atoms with Gasteiger partial charge in [-0.3, -0.25) is 0 Å². The summed E-state index contributed by atoms with van der Waals surface area (Å²) in [5, 5.41) is 0. The fraction of sp³-hybridized carbons (Fsp3) is 0.0455. The fourth-order valence-electron chi connectivity index (χ4n) is 3.91. The first-order valence-electron chi connectivity index (χ1n) is 8.31. The van der Waals surface area contributed by atoms with Gasteiger partial charge in [-0.2, -0.15) is 0 Å². The molecule has 3 heteroatoms. The molecule has 0 spiro atoms. The second-order valence-corrected chi connectivity index (χ2v) is 6.25. The van der Waals surface area contributed by atoms with Crippen LogP contribution in [0.1, 0.15) is 22.6 Å². The van der Waals surface area contributed by atoms with Gasteiger partial charge in [0.2, 0.25) is 0 Å². The maximum Gasteiger partial charge on any atom is 0.140 e. The molecule has 25 heavy (non-hydrogen) atoms. The Morgan fingerprint density at radius 3 is 2.44 bits per heavy atom. The van der Waals surface area contributed by atoms with Crippen LogP contribution in [0.25, 0.3) is 22.5 Å². The quantitative estimate of drug-likeness (QED) is 0.464. The second-order valence-electron chi connectivity index (χ2n) is 6.25. The molecule has 1 heterocycles. The van der Waals surface area contributed by atoms with Crippen LogP contribution in [0, 0.1) is 5.82 Å². The van der Waals surface area contributed by atoms with Crippen LogP contribution < -0.4 is 0 Å². The number of rotatable bonds is 2. The van der Waals surface area contributed by atoms with E-state index in [1.807, 2.05) is 36.4 Å². The number of nitrogens with one attached hydrogen (secondary N) is 1. The molecule has 1 atom stereocenters. The summed E-state index contributed by atoms with van der Waals surface area (Å²) in [5.74, 6) is 0.328. The molecule has 0 fully saturated rings. The Labute approximate surface area is 145 Å². The lowest BCUT2D eigenvalue weighted by atomic mass is 9.86. The van der Waals surface area contributed by atoms with Crippen molar-refractivity contribution in [3.63, 3.8) is 0 Å². The summed E-state index contributed by atoms with van der Waals surface area (Å²) in [6.45, 7) is 0. The lowest BCUT2D eigenvalue weighted by molar-refractivity contribution is 0.628. The highest BCUT2D eigenvalue weighted by Crippen LogP contribution is 2.51. The Bertz CT molecular complexity index is 1050. The van der Waals surface area contributed by atoms with Crippen LogP contribution in [0.3, 0.4) is 0 Å². The van der Waals surface area contributed by atoms with Crippen molar-refractivity contribution in [3.05, 3.63) is 102 Å². The summed E-state index contributed by atoms with van der Waals surface area (Å²) >= 11 is 0. The van der Waals surface area contributed by atoms with E-state index in [4.69, 9.17) is 0 Å². The number of nitrogens with zero attached hydrogens (tertiary/aromatic N) is 1. The van der Waals surface area contributed by atoms with Crippen molar-refractivity contribution in [3.8, 4) is 22.5 Å². The molecule has 0 radical (unpaired) electrons. The number of halogens is 1. The summed E-state index contributed by atoms with van der Waals surface area (Å²) < 4.78 is 14.9. The highest BCUT2D eigenvalue weighted by Gasteiger charge is 2.34. The molecular weight excluding hydrogens is 311 g/mol. The van der Waals surface area contributed by atoms with Crippen LogP contribution in [0.5, 0.6) is 0 Å². The predicted molar refractivity (Wildman–Crippen MR) is 96.8 cm³/mol. The van der Waals surface area contributed by atoms with E-state index in [1.165, 1.54) is 11.1 Å². The topological polar surface area (TPSA) is 28.7 Å². The van der Waals surface area contributed by atoms with E-state index >= 15 is 0 Å². The zero-order chi connectivity index (χ0) is 16.8. The molecule has 0 saturated heterocycles. The number of hydrogen-bond acceptors (Lipinski definition) is 1. The van der Waals surface area contributed by atoms with Gasteiger partial charge >= 0.3 is 0 Å². The number of aromatic amines is 1. The number of imidazole rings is 1. The molecule has 0 saturated carbocycles. The normalized spacial score (nSPS) is 15.0. The van der Waals surface area contributed by atoms with Gasteiger partial charge in [-0.15, -0.1) is 0 Å². The van der Waals surface area contributed by atoms with Gasteiger partial charge in [-0.25, -0.2) is 9.37 Å². The first kappa shape index (κ1) is 14.2. The highest BCUT2D eigenvalue weighted by atomic mass is 19.1. The summed E-state index contributed by atoms with van der Waals surface area (Å²) in [6.07, 6.45) is 3.39. The third-order valence-corrected chi connectivity index (χ3v) is 4.91. The molecule has 3 aromatic carbocycles. The molecule has 0 bridgehead atoms. The molecule has 2 nitrogen and oxygen atoms in total. The average Bonchev–Trinajstić information content (AvgIpc) is 3.28. The maximum absolute atomic E-state index is 14.9. The maximum atomic E-state index is 14.9. The van der Waals surface area contributed by atoms with Gasteiger partial charge in [-0.1, -0.05) is 60.7 Å². The van der Waals surface area contributed by atoms with Crippen molar-refractivity contribution < 1.29 is 4.39 Å². The number of aromatic nitrogens is 2. The minimum atomic E-state index is -0.248. The average molecular weight is 326 g/mol. The van der Waals surface area contributed by atoms with Crippen LogP contribution in [-0.2, 0) is 0 Å². The Hall–Kier alpha value is -3.20.